The van der Waals surface area contributed by atoms with Crippen molar-refractivity contribution in [1.82, 2.24) is 0 Å². The number of amides is 1. The molecule has 0 aliphatic rings. The van der Waals surface area contributed by atoms with Gasteiger partial charge in [0.05, 0.1) is 25.5 Å². The maximum atomic E-state index is 12.3. The lowest BCUT2D eigenvalue weighted by molar-refractivity contribution is -0.123. The minimum atomic E-state index is -3.24. The summed E-state index contributed by atoms with van der Waals surface area (Å²) in [7, 11) is -0.257. The summed E-state index contributed by atoms with van der Waals surface area (Å²) in [5, 5.41) is 2.64. The Morgan fingerprint density at radius 2 is 1.72 bits per heavy atom. The average Bonchev–Trinajstić information content (AvgIpc) is 2.66. The van der Waals surface area contributed by atoms with Gasteiger partial charge in [-0.2, -0.15) is 0 Å². The molecule has 0 bridgehead atoms. The molecule has 0 unspecified atom stereocenters. The summed E-state index contributed by atoms with van der Waals surface area (Å²) in [6.07, 6.45) is 0.0348. The van der Waals surface area contributed by atoms with Crippen molar-refractivity contribution >= 4 is 27.4 Å². The third-order valence-corrected chi connectivity index (χ3v) is 4.75. The second-order valence-electron chi connectivity index (χ2n) is 6.38. The highest BCUT2D eigenvalue weighted by atomic mass is 32.2. The number of hydrogen-bond acceptors (Lipinski definition) is 7. The van der Waals surface area contributed by atoms with E-state index in [1.807, 2.05) is 0 Å². The number of ether oxygens (including phenoxy) is 3. The number of esters is 1. The van der Waals surface area contributed by atoms with Crippen molar-refractivity contribution < 1.29 is 32.2 Å². The molecule has 8 nitrogen and oxygen atoms in total. The first-order valence-electron chi connectivity index (χ1n) is 8.63. The largest absolute Gasteiger partial charge is 0.493 e. The van der Waals surface area contributed by atoms with Gasteiger partial charge in [-0.3, -0.25) is 4.79 Å². The molecule has 0 fully saturated rings. The van der Waals surface area contributed by atoms with E-state index in [0.29, 0.717) is 22.7 Å². The van der Waals surface area contributed by atoms with Crippen molar-refractivity contribution in [2.45, 2.75) is 18.8 Å². The molecular formula is C20H23NO7S. The zero-order valence-corrected chi connectivity index (χ0v) is 17.4. The second-order valence-corrected chi connectivity index (χ2v) is 8.52. The molecule has 2 aromatic carbocycles. The van der Waals surface area contributed by atoms with Gasteiger partial charge in [-0.25, -0.2) is 13.2 Å². The summed E-state index contributed by atoms with van der Waals surface area (Å²) < 4.78 is 38.4. The summed E-state index contributed by atoms with van der Waals surface area (Å²) in [4.78, 5) is 24.7. The van der Waals surface area contributed by atoms with Gasteiger partial charge in [0, 0.05) is 18.0 Å². The van der Waals surface area contributed by atoms with E-state index in [4.69, 9.17) is 14.2 Å². The van der Waals surface area contributed by atoms with E-state index in [1.54, 1.807) is 30.3 Å². The first kappa shape index (κ1) is 22.2. The Morgan fingerprint density at radius 1 is 1.03 bits per heavy atom. The van der Waals surface area contributed by atoms with E-state index in [2.05, 4.69) is 5.32 Å². The molecule has 0 spiro atoms. The molecule has 0 aliphatic heterocycles. The van der Waals surface area contributed by atoms with Crippen molar-refractivity contribution in [3.05, 3.63) is 53.6 Å². The summed E-state index contributed by atoms with van der Waals surface area (Å²) in [6, 6.07) is 10.9. The minimum absolute atomic E-state index is 0.164. The van der Waals surface area contributed by atoms with Gasteiger partial charge in [-0.05, 0) is 36.8 Å². The highest BCUT2D eigenvalue weighted by Gasteiger charge is 2.20. The number of rotatable bonds is 8. The third kappa shape index (κ3) is 6.49. The van der Waals surface area contributed by atoms with Crippen LogP contribution in [0.15, 0.2) is 42.5 Å². The number of hydrogen-bond donors (Lipinski definition) is 1. The second kappa shape index (κ2) is 9.42. The fraction of sp³-hybridized carbons (Fsp3) is 0.300. The van der Waals surface area contributed by atoms with Gasteiger partial charge in [-0.15, -0.1) is 0 Å². The van der Waals surface area contributed by atoms with Crippen molar-refractivity contribution in [3.8, 4) is 11.5 Å². The fourth-order valence-corrected chi connectivity index (χ4v) is 3.32. The van der Waals surface area contributed by atoms with E-state index in [-0.39, 0.29) is 11.3 Å². The van der Waals surface area contributed by atoms with Gasteiger partial charge in [-0.1, -0.05) is 12.1 Å². The van der Waals surface area contributed by atoms with Crippen LogP contribution in [0.5, 0.6) is 11.5 Å². The Bertz CT molecular complexity index is 1000. The van der Waals surface area contributed by atoms with E-state index >= 15 is 0 Å². The molecule has 156 valence electrons. The van der Waals surface area contributed by atoms with Crippen LogP contribution >= 0.6 is 0 Å². The number of anilines is 1. The maximum Gasteiger partial charge on any atom is 0.338 e. The highest BCUT2D eigenvalue weighted by molar-refractivity contribution is 7.89. The lowest BCUT2D eigenvalue weighted by atomic mass is 10.1. The Kier molecular flexibility index (Phi) is 7.22. The van der Waals surface area contributed by atoms with Crippen molar-refractivity contribution in [2.75, 3.05) is 25.8 Å². The Morgan fingerprint density at radius 3 is 2.34 bits per heavy atom. The Balaban J connectivity index is 2.04. The summed E-state index contributed by atoms with van der Waals surface area (Å²) >= 11 is 0. The molecule has 0 heterocycles. The normalized spacial score (nSPS) is 12.0. The number of carbonyl (C=O) groups excluding carboxylic acids is 2. The molecule has 0 aromatic heterocycles. The molecule has 9 heteroatoms. The van der Waals surface area contributed by atoms with Crippen LogP contribution < -0.4 is 14.8 Å². The predicted octanol–water partition coefficient (Wildman–Crippen LogP) is 2.43. The van der Waals surface area contributed by atoms with Crippen LogP contribution in [0, 0.1) is 0 Å². The lowest BCUT2D eigenvalue weighted by Gasteiger charge is -2.15. The van der Waals surface area contributed by atoms with E-state index in [0.717, 1.165) is 6.26 Å². The molecule has 0 aliphatic carbocycles. The molecule has 29 heavy (non-hydrogen) atoms. The van der Waals surface area contributed by atoms with Gasteiger partial charge >= 0.3 is 5.97 Å². The topological polar surface area (TPSA) is 108 Å². The number of carbonyl (C=O) groups is 2. The first-order chi connectivity index (χ1) is 13.6. The molecule has 1 atom stereocenters. The SMILES string of the molecule is COc1ccc(NC(=O)[C@H](C)OC(=O)c2cccc(CS(C)(=O)=O)c2)cc1OC. The summed E-state index contributed by atoms with van der Waals surface area (Å²) in [6.45, 7) is 1.44. The third-order valence-electron chi connectivity index (χ3n) is 3.90. The van der Waals surface area contributed by atoms with Crippen LogP contribution in [0.25, 0.3) is 0 Å². The van der Waals surface area contributed by atoms with Gasteiger partial charge in [0.2, 0.25) is 0 Å². The highest BCUT2D eigenvalue weighted by Crippen LogP contribution is 2.29. The molecule has 2 aromatic rings. The first-order valence-corrected chi connectivity index (χ1v) is 10.7. The molecule has 0 saturated carbocycles. The Hall–Kier alpha value is -3.07. The monoisotopic (exact) mass is 421 g/mol. The van der Waals surface area contributed by atoms with Gasteiger partial charge < -0.3 is 19.5 Å². The Labute approximate surface area is 169 Å². The van der Waals surface area contributed by atoms with Gasteiger partial charge in [0.25, 0.3) is 5.91 Å². The molecule has 2 rings (SSSR count). The zero-order chi connectivity index (χ0) is 21.6. The predicted molar refractivity (Wildman–Crippen MR) is 108 cm³/mol. The van der Waals surface area contributed by atoms with E-state index in [1.165, 1.54) is 33.3 Å². The van der Waals surface area contributed by atoms with Crippen molar-refractivity contribution in [3.63, 3.8) is 0 Å². The summed E-state index contributed by atoms with van der Waals surface area (Å²) in [5.74, 6) is -0.492. The molecular weight excluding hydrogens is 398 g/mol. The molecule has 1 amide bonds. The average molecular weight is 421 g/mol. The van der Waals surface area contributed by atoms with Crippen LogP contribution in [0.4, 0.5) is 5.69 Å². The minimum Gasteiger partial charge on any atom is -0.493 e. The molecule has 0 radical (unpaired) electrons. The van der Waals surface area contributed by atoms with Crippen molar-refractivity contribution in [1.29, 1.82) is 0 Å². The summed E-state index contributed by atoms with van der Waals surface area (Å²) in [5.41, 5.74) is 1.08. The van der Waals surface area contributed by atoms with Crippen LogP contribution in [0.1, 0.15) is 22.8 Å². The van der Waals surface area contributed by atoms with Gasteiger partial charge in [0.15, 0.2) is 27.4 Å². The molecule has 1 N–H and O–H groups in total. The van der Waals surface area contributed by atoms with E-state index < -0.39 is 27.8 Å². The van der Waals surface area contributed by atoms with Crippen LogP contribution in [-0.4, -0.2) is 46.9 Å². The van der Waals surface area contributed by atoms with Crippen LogP contribution in [0.2, 0.25) is 0 Å². The lowest BCUT2D eigenvalue weighted by Crippen LogP contribution is -2.30. The van der Waals surface area contributed by atoms with Gasteiger partial charge in [0.1, 0.15) is 0 Å². The number of nitrogens with one attached hydrogen (secondary N) is 1. The van der Waals surface area contributed by atoms with Crippen LogP contribution in [0.3, 0.4) is 0 Å². The van der Waals surface area contributed by atoms with Crippen LogP contribution in [-0.2, 0) is 25.1 Å². The zero-order valence-electron chi connectivity index (χ0n) is 16.6. The standard InChI is InChI=1S/C20H23NO7S/c1-13(19(22)21-16-8-9-17(26-2)18(11-16)27-3)28-20(23)15-7-5-6-14(10-15)12-29(4,24)25/h5-11,13H,12H2,1-4H3,(H,21,22)/t13-/m0/s1. The number of sulfone groups is 1. The van der Waals surface area contributed by atoms with E-state index in [9.17, 15) is 18.0 Å². The quantitative estimate of drug-likeness (QED) is 0.652. The number of methoxy groups -OCH3 is 2. The van der Waals surface area contributed by atoms with Crippen molar-refractivity contribution in [2.24, 2.45) is 0 Å². The maximum absolute atomic E-state index is 12.3. The molecule has 0 saturated heterocycles. The smallest absolute Gasteiger partial charge is 0.338 e. The fourth-order valence-electron chi connectivity index (χ4n) is 2.53. The number of benzene rings is 2.